The number of aromatic hydroxyl groups is 1. The summed E-state index contributed by atoms with van der Waals surface area (Å²) in [5.74, 6) is 0.486. The van der Waals surface area contributed by atoms with Crippen LogP contribution in [-0.2, 0) is 11.2 Å². The van der Waals surface area contributed by atoms with Crippen LogP contribution in [0.4, 0.5) is 5.69 Å². The van der Waals surface area contributed by atoms with E-state index in [1.54, 1.807) is 6.07 Å². The van der Waals surface area contributed by atoms with Gasteiger partial charge >= 0.3 is 0 Å². The average molecular weight is 311 g/mol. The Balaban J connectivity index is 2.04. The van der Waals surface area contributed by atoms with Crippen LogP contribution in [0.3, 0.4) is 0 Å². The maximum absolute atomic E-state index is 12.1. The van der Waals surface area contributed by atoms with Crippen molar-refractivity contribution in [1.82, 2.24) is 0 Å². The van der Waals surface area contributed by atoms with Crippen LogP contribution >= 0.6 is 0 Å². The van der Waals surface area contributed by atoms with E-state index in [-0.39, 0.29) is 5.78 Å². The molecule has 3 nitrogen and oxygen atoms in total. The molecule has 0 heterocycles. The van der Waals surface area contributed by atoms with Crippen molar-refractivity contribution in [3.63, 3.8) is 0 Å². The first-order valence-corrected chi connectivity index (χ1v) is 8.36. The molecule has 0 bridgehead atoms. The minimum Gasteiger partial charge on any atom is -0.508 e. The Morgan fingerprint density at radius 2 is 2.13 bits per heavy atom. The normalized spacial score (nSPS) is 14.2. The van der Waals surface area contributed by atoms with Crippen LogP contribution < -0.4 is 0 Å². The van der Waals surface area contributed by atoms with Crippen LogP contribution in [-0.4, -0.2) is 16.6 Å². The summed E-state index contributed by atoms with van der Waals surface area (Å²) in [5, 5.41) is 10.1. The number of hydrogen-bond acceptors (Lipinski definition) is 3. The van der Waals surface area contributed by atoms with E-state index >= 15 is 0 Å². The van der Waals surface area contributed by atoms with Gasteiger partial charge in [0.05, 0.1) is 5.69 Å². The van der Waals surface area contributed by atoms with E-state index in [9.17, 15) is 9.90 Å². The molecule has 0 saturated carbocycles. The molecule has 23 heavy (non-hydrogen) atoms. The van der Waals surface area contributed by atoms with Gasteiger partial charge in [-0.1, -0.05) is 37.6 Å². The highest BCUT2D eigenvalue weighted by atomic mass is 16.3. The maximum atomic E-state index is 12.1. The lowest BCUT2D eigenvalue weighted by molar-refractivity contribution is -0.115. The predicted octanol–water partition coefficient (Wildman–Crippen LogP) is 5.06. The third kappa shape index (κ3) is 4.92. The summed E-state index contributed by atoms with van der Waals surface area (Å²) < 4.78 is 0. The van der Waals surface area contributed by atoms with Gasteiger partial charge in [-0.25, -0.2) is 0 Å². The third-order valence-corrected chi connectivity index (χ3v) is 4.03. The molecule has 1 aromatic rings. The molecular formula is C20H25NO2. The van der Waals surface area contributed by atoms with Gasteiger partial charge in [0.15, 0.2) is 5.78 Å². The molecule has 0 aliphatic heterocycles. The Hall–Kier alpha value is -2.16. The van der Waals surface area contributed by atoms with Gasteiger partial charge in [-0.3, -0.25) is 9.79 Å². The van der Waals surface area contributed by atoms with E-state index in [0.717, 1.165) is 48.2 Å². The van der Waals surface area contributed by atoms with E-state index in [4.69, 9.17) is 0 Å². The van der Waals surface area contributed by atoms with Crippen LogP contribution in [0.15, 0.2) is 47.0 Å². The van der Waals surface area contributed by atoms with Crippen LogP contribution in [0.25, 0.3) is 0 Å². The smallest absolute Gasteiger partial charge is 0.162 e. The van der Waals surface area contributed by atoms with Crippen LogP contribution in [0.2, 0.25) is 0 Å². The average Bonchev–Trinajstić information content (AvgIpc) is 3.06. The predicted molar refractivity (Wildman–Crippen MR) is 95.6 cm³/mol. The molecular weight excluding hydrogens is 286 g/mol. The third-order valence-electron chi connectivity index (χ3n) is 4.03. The summed E-state index contributed by atoms with van der Waals surface area (Å²) in [6, 6.07) is 5.45. The standard InChI is InChI=1S/C20H25NO2/c1-3-4-10-17-18(11-7-12-20(17)23)21-15(2)13-14-19(22)16-8-5-6-9-16/h5,7-9,11-12,23H,3-4,6,10,13-14H2,1-2H3. The fraction of sp³-hybridized carbons (Fsp3) is 0.400. The number of Topliss-reactive ketones (excluding diaryl/α,β-unsaturated/α-hetero) is 1. The monoisotopic (exact) mass is 311 g/mol. The van der Waals surface area contributed by atoms with Crippen molar-refractivity contribution >= 4 is 17.2 Å². The molecule has 122 valence electrons. The molecule has 3 heteroatoms. The first-order valence-electron chi connectivity index (χ1n) is 8.36. The van der Waals surface area contributed by atoms with Gasteiger partial charge in [-0.15, -0.1) is 0 Å². The van der Waals surface area contributed by atoms with Crippen LogP contribution in [0.1, 0.15) is 51.5 Å². The van der Waals surface area contributed by atoms with Crippen LogP contribution in [0, 0.1) is 0 Å². The Labute approximate surface area is 138 Å². The molecule has 0 amide bonds. The largest absolute Gasteiger partial charge is 0.508 e. The van der Waals surface area contributed by atoms with Crippen molar-refractivity contribution in [2.75, 3.05) is 0 Å². The van der Waals surface area contributed by atoms with Crippen molar-refractivity contribution < 1.29 is 9.90 Å². The molecule has 1 aromatic carbocycles. The zero-order valence-electron chi connectivity index (χ0n) is 14.0. The summed E-state index contributed by atoms with van der Waals surface area (Å²) in [4.78, 5) is 16.7. The van der Waals surface area contributed by atoms with Gasteiger partial charge in [0.1, 0.15) is 5.75 Å². The molecule has 0 fully saturated rings. The highest BCUT2D eigenvalue weighted by Crippen LogP contribution is 2.30. The molecule has 0 spiro atoms. The maximum Gasteiger partial charge on any atom is 0.162 e. The van der Waals surface area contributed by atoms with E-state index in [2.05, 4.69) is 11.9 Å². The summed E-state index contributed by atoms with van der Waals surface area (Å²) in [7, 11) is 0. The lowest BCUT2D eigenvalue weighted by Gasteiger charge is -2.09. The second kappa shape index (κ2) is 8.47. The first kappa shape index (κ1) is 17.2. The Morgan fingerprint density at radius 1 is 1.30 bits per heavy atom. The molecule has 1 N–H and O–H groups in total. The Morgan fingerprint density at radius 3 is 2.83 bits per heavy atom. The fourth-order valence-electron chi connectivity index (χ4n) is 2.64. The van der Waals surface area contributed by atoms with Gasteiger partial charge in [0, 0.05) is 23.3 Å². The van der Waals surface area contributed by atoms with Crippen LogP contribution in [0.5, 0.6) is 5.75 Å². The topological polar surface area (TPSA) is 49.7 Å². The quantitative estimate of drug-likeness (QED) is 0.682. The number of allylic oxidation sites excluding steroid dienone is 4. The number of carbonyl (C=O) groups excluding carboxylic acids is 1. The number of aliphatic imine (C=N–C) groups is 1. The van der Waals surface area contributed by atoms with Gasteiger partial charge in [-0.2, -0.15) is 0 Å². The second-order valence-electron chi connectivity index (χ2n) is 5.95. The number of carbonyl (C=O) groups is 1. The number of rotatable bonds is 8. The minimum absolute atomic E-state index is 0.176. The van der Waals surface area contributed by atoms with Gasteiger partial charge in [0.25, 0.3) is 0 Å². The molecule has 0 atom stereocenters. The van der Waals surface area contributed by atoms with Crippen molar-refractivity contribution in [1.29, 1.82) is 0 Å². The number of benzene rings is 1. The molecule has 0 aromatic heterocycles. The molecule has 2 rings (SSSR count). The summed E-state index contributed by atoms with van der Waals surface area (Å²) in [5.41, 5.74) is 3.47. The first-order chi connectivity index (χ1) is 11.1. The SMILES string of the molecule is CCCCc1c(O)cccc1N=C(C)CCC(=O)C1=CCC=C1. The van der Waals surface area contributed by atoms with E-state index < -0.39 is 0 Å². The summed E-state index contributed by atoms with van der Waals surface area (Å²) in [6.07, 6.45) is 10.8. The minimum atomic E-state index is 0.176. The zero-order chi connectivity index (χ0) is 16.7. The molecule has 0 unspecified atom stereocenters. The lowest BCUT2D eigenvalue weighted by Crippen LogP contribution is -2.03. The lowest BCUT2D eigenvalue weighted by atomic mass is 10.0. The van der Waals surface area contributed by atoms with E-state index in [0.29, 0.717) is 18.6 Å². The molecule has 1 aliphatic carbocycles. The Bertz CT molecular complexity index is 654. The molecule has 0 radical (unpaired) electrons. The van der Waals surface area contributed by atoms with Crippen molar-refractivity contribution in [2.24, 2.45) is 4.99 Å². The zero-order valence-corrected chi connectivity index (χ0v) is 14.0. The van der Waals surface area contributed by atoms with Gasteiger partial charge < -0.3 is 5.11 Å². The number of phenolic OH excluding ortho intramolecular Hbond substituents is 1. The highest BCUT2D eigenvalue weighted by Gasteiger charge is 2.10. The fourth-order valence-corrected chi connectivity index (χ4v) is 2.64. The highest BCUT2D eigenvalue weighted by molar-refractivity contribution is 6.00. The number of hydrogen-bond donors (Lipinski definition) is 1. The summed E-state index contributed by atoms with van der Waals surface area (Å²) >= 11 is 0. The van der Waals surface area contributed by atoms with E-state index in [1.165, 1.54) is 0 Å². The molecule has 0 saturated heterocycles. The number of ketones is 1. The van der Waals surface area contributed by atoms with Gasteiger partial charge in [-0.05, 0) is 44.7 Å². The number of phenols is 1. The van der Waals surface area contributed by atoms with E-state index in [1.807, 2.05) is 37.3 Å². The molecule has 1 aliphatic rings. The summed E-state index contributed by atoms with van der Waals surface area (Å²) in [6.45, 7) is 4.08. The Kier molecular flexibility index (Phi) is 6.33. The van der Waals surface area contributed by atoms with Crippen molar-refractivity contribution in [2.45, 2.75) is 52.4 Å². The second-order valence-corrected chi connectivity index (χ2v) is 5.95. The van der Waals surface area contributed by atoms with Crippen molar-refractivity contribution in [3.05, 3.63) is 47.6 Å². The number of unbranched alkanes of at least 4 members (excludes halogenated alkanes) is 1. The van der Waals surface area contributed by atoms with Gasteiger partial charge in [0.2, 0.25) is 0 Å². The van der Waals surface area contributed by atoms with Crippen molar-refractivity contribution in [3.8, 4) is 5.75 Å². The number of nitrogens with zero attached hydrogens (tertiary/aromatic N) is 1.